The first-order valence-corrected chi connectivity index (χ1v) is 7.48. The quantitative estimate of drug-likeness (QED) is 0.843. The molecule has 1 unspecified atom stereocenters. The maximum absolute atomic E-state index is 6.09. The van der Waals surface area contributed by atoms with Crippen LogP contribution < -0.4 is 5.32 Å². The van der Waals surface area contributed by atoms with Crippen molar-refractivity contribution in [3.05, 3.63) is 56.7 Å². The minimum Gasteiger partial charge on any atom is -0.310 e. The minimum absolute atomic E-state index is 0.365. The van der Waals surface area contributed by atoms with Crippen molar-refractivity contribution in [1.29, 1.82) is 0 Å². The van der Waals surface area contributed by atoms with Gasteiger partial charge in [0.05, 0.1) is 0 Å². The second kappa shape index (κ2) is 6.37. The highest BCUT2D eigenvalue weighted by Gasteiger charge is 2.12. The predicted octanol–water partition coefficient (Wildman–Crippen LogP) is 4.60. The number of halogens is 1. The molecule has 0 radical (unpaired) electrons. The molecule has 0 saturated heterocycles. The average molecular weight is 280 g/mol. The van der Waals surface area contributed by atoms with Gasteiger partial charge in [-0.15, -0.1) is 11.3 Å². The zero-order valence-corrected chi connectivity index (χ0v) is 12.3. The van der Waals surface area contributed by atoms with Gasteiger partial charge < -0.3 is 5.32 Å². The maximum atomic E-state index is 6.09. The number of aryl methyl sites for hydroxylation is 1. The molecule has 0 amide bonds. The highest BCUT2D eigenvalue weighted by Crippen LogP contribution is 2.25. The van der Waals surface area contributed by atoms with Crippen molar-refractivity contribution in [2.24, 2.45) is 0 Å². The van der Waals surface area contributed by atoms with E-state index in [2.05, 4.69) is 48.8 Å². The molecule has 0 fully saturated rings. The molecule has 3 heteroatoms. The third-order valence-electron chi connectivity index (χ3n) is 3.02. The Morgan fingerprint density at radius 3 is 2.78 bits per heavy atom. The average Bonchev–Trinajstić information content (AvgIpc) is 2.85. The van der Waals surface area contributed by atoms with Crippen LogP contribution >= 0.6 is 22.9 Å². The van der Waals surface area contributed by atoms with E-state index in [9.17, 15) is 0 Å². The smallest absolute Gasteiger partial charge is 0.0435 e. The van der Waals surface area contributed by atoms with E-state index in [4.69, 9.17) is 11.6 Å². The molecule has 0 bridgehead atoms. The van der Waals surface area contributed by atoms with Crippen molar-refractivity contribution in [2.45, 2.75) is 26.3 Å². The van der Waals surface area contributed by atoms with Crippen LogP contribution in [0.25, 0.3) is 0 Å². The molecule has 1 heterocycles. The van der Waals surface area contributed by atoms with Crippen LogP contribution in [0.4, 0.5) is 0 Å². The van der Waals surface area contributed by atoms with Crippen LogP contribution in [0.2, 0.25) is 5.02 Å². The Morgan fingerprint density at radius 1 is 1.33 bits per heavy atom. The van der Waals surface area contributed by atoms with Crippen molar-refractivity contribution >= 4 is 22.9 Å². The fourth-order valence-electron chi connectivity index (χ4n) is 2.07. The summed E-state index contributed by atoms with van der Waals surface area (Å²) < 4.78 is 0. The van der Waals surface area contributed by atoms with Gasteiger partial charge in [-0.3, -0.25) is 0 Å². The van der Waals surface area contributed by atoms with Gasteiger partial charge in [0.2, 0.25) is 0 Å². The summed E-state index contributed by atoms with van der Waals surface area (Å²) in [5.74, 6) is 0. The van der Waals surface area contributed by atoms with Crippen molar-refractivity contribution < 1.29 is 0 Å². The summed E-state index contributed by atoms with van der Waals surface area (Å²) in [6.07, 6.45) is 1.03. The van der Waals surface area contributed by atoms with Crippen LogP contribution in [-0.2, 0) is 6.42 Å². The summed E-state index contributed by atoms with van der Waals surface area (Å²) in [7, 11) is 0. The van der Waals surface area contributed by atoms with Crippen molar-refractivity contribution in [1.82, 2.24) is 5.32 Å². The number of benzene rings is 1. The van der Waals surface area contributed by atoms with E-state index < -0.39 is 0 Å². The summed E-state index contributed by atoms with van der Waals surface area (Å²) >= 11 is 7.90. The summed E-state index contributed by atoms with van der Waals surface area (Å²) in [5, 5.41) is 6.52. The van der Waals surface area contributed by atoms with Crippen molar-refractivity contribution in [2.75, 3.05) is 6.54 Å². The molecule has 0 aliphatic rings. The first-order chi connectivity index (χ1) is 8.70. The van der Waals surface area contributed by atoms with E-state index >= 15 is 0 Å². The van der Waals surface area contributed by atoms with Crippen LogP contribution in [0.5, 0.6) is 0 Å². The normalized spacial score (nSPS) is 12.6. The van der Waals surface area contributed by atoms with Crippen LogP contribution in [0, 0.1) is 6.92 Å². The van der Waals surface area contributed by atoms with Crippen LogP contribution in [0.3, 0.4) is 0 Å². The number of likely N-dealkylation sites (N-methyl/N-ethyl adjacent to an activating group) is 1. The second-order valence-corrected chi connectivity index (χ2v) is 5.84. The molecule has 0 aliphatic carbocycles. The molecule has 0 saturated carbocycles. The largest absolute Gasteiger partial charge is 0.310 e. The third-order valence-corrected chi connectivity index (χ3v) is 4.34. The number of hydrogen-bond acceptors (Lipinski definition) is 2. The zero-order valence-electron chi connectivity index (χ0n) is 10.7. The molecule has 0 aliphatic heterocycles. The highest BCUT2D eigenvalue weighted by molar-refractivity contribution is 7.09. The Morgan fingerprint density at radius 2 is 2.17 bits per heavy atom. The molecule has 1 atom stereocenters. The molecule has 96 valence electrons. The molecule has 1 aromatic heterocycles. The summed E-state index contributed by atoms with van der Waals surface area (Å²) in [6.45, 7) is 5.17. The lowest BCUT2D eigenvalue weighted by Crippen LogP contribution is -2.22. The van der Waals surface area contributed by atoms with E-state index in [-0.39, 0.29) is 0 Å². The summed E-state index contributed by atoms with van der Waals surface area (Å²) in [4.78, 5) is 1.41. The predicted molar refractivity (Wildman–Crippen MR) is 80.6 cm³/mol. The Hall–Kier alpha value is -0.830. The van der Waals surface area contributed by atoms with Crippen molar-refractivity contribution in [3.8, 4) is 0 Å². The lowest BCUT2D eigenvalue weighted by molar-refractivity contribution is 0.553. The lowest BCUT2D eigenvalue weighted by Gasteiger charge is -2.18. The first-order valence-electron chi connectivity index (χ1n) is 6.22. The van der Waals surface area contributed by atoms with Gasteiger partial charge in [0, 0.05) is 22.4 Å². The SMILES string of the molecule is CCNC(Cc1cccs1)c1ccc(Cl)c(C)c1. The monoisotopic (exact) mass is 279 g/mol. The topological polar surface area (TPSA) is 12.0 Å². The third kappa shape index (κ3) is 3.35. The van der Waals surface area contributed by atoms with E-state index in [0.717, 1.165) is 23.6 Å². The molecular formula is C15H18ClNS. The number of thiophene rings is 1. The second-order valence-electron chi connectivity index (χ2n) is 4.40. The fraction of sp³-hybridized carbons (Fsp3) is 0.333. The van der Waals surface area contributed by atoms with E-state index in [1.807, 2.05) is 17.4 Å². The molecule has 1 aromatic carbocycles. The van der Waals surface area contributed by atoms with Gasteiger partial charge in [0.25, 0.3) is 0 Å². The van der Waals surface area contributed by atoms with Gasteiger partial charge in [-0.25, -0.2) is 0 Å². The lowest BCUT2D eigenvalue weighted by atomic mass is 10.0. The standard InChI is InChI=1S/C15H18ClNS/c1-3-17-15(10-13-5-4-8-18-13)12-6-7-14(16)11(2)9-12/h4-9,15,17H,3,10H2,1-2H3. The van der Waals surface area contributed by atoms with Crippen LogP contribution in [0.1, 0.15) is 29.0 Å². The molecular weight excluding hydrogens is 262 g/mol. The van der Waals surface area contributed by atoms with E-state index in [1.54, 1.807) is 0 Å². The van der Waals surface area contributed by atoms with Gasteiger partial charge in [-0.2, -0.15) is 0 Å². The Bertz CT molecular complexity index is 493. The summed E-state index contributed by atoms with van der Waals surface area (Å²) in [5.41, 5.74) is 2.45. The zero-order chi connectivity index (χ0) is 13.0. The number of rotatable bonds is 5. The Kier molecular flexibility index (Phi) is 4.81. The molecule has 2 aromatic rings. The van der Waals surface area contributed by atoms with Gasteiger partial charge in [-0.1, -0.05) is 36.7 Å². The van der Waals surface area contributed by atoms with E-state index in [0.29, 0.717) is 6.04 Å². The fourth-order valence-corrected chi connectivity index (χ4v) is 2.94. The maximum Gasteiger partial charge on any atom is 0.0435 e. The molecule has 2 rings (SSSR count). The van der Waals surface area contributed by atoms with Crippen LogP contribution in [-0.4, -0.2) is 6.54 Å². The molecule has 0 spiro atoms. The minimum atomic E-state index is 0.365. The summed E-state index contributed by atoms with van der Waals surface area (Å²) in [6, 6.07) is 11.0. The first kappa shape index (κ1) is 13.6. The number of nitrogens with one attached hydrogen (secondary N) is 1. The molecule has 18 heavy (non-hydrogen) atoms. The number of hydrogen-bond donors (Lipinski definition) is 1. The van der Waals surface area contributed by atoms with Gasteiger partial charge in [-0.05, 0) is 42.1 Å². The van der Waals surface area contributed by atoms with Gasteiger partial charge in [0.15, 0.2) is 0 Å². The van der Waals surface area contributed by atoms with Gasteiger partial charge >= 0.3 is 0 Å². The molecule has 1 N–H and O–H groups in total. The highest BCUT2D eigenvalue weighted by atomic mass is 35.5. The van der Waals surface area contributed by atoms with E-state index in [1.165, 1.54) is 10.4 Å². The van der Waals surface area contributed by atoms with Gasteiger partial charge in [0.1, 0.15) is 0 Å². The molecule has 1 nitrogen and oxygen atoms in total. The Balaban J connectivity index is 2.20. The Labute approximate surface area is 118 Å². The van der Waals surface area contributed by atoms with Crippen molar-refractivity contribution in [3.63, 3.8) is 0 Å². The van der Waals surface area contributed by atoms with Crippen LogP contribution in [0.15, 0.2) is 35.7 Å².